The second-order valence-corrected chi connectivity index (χ2v) is 4.22. The van der Waals surface area contributed by atoms with Gasteiger partial charge in [-0.1, -0.05) is 27.7 Å². The van der Waals surface area contributed by atoms with Crippen LogP contribution >= 0.6 is 0 Å². The average Bonchev–Trinajstić information content (AvgIpc) is 2.70. The van der Waals surface area contributed by atoms with Gasteiger partial charge in [-0.2, -0.15) is 0 Å². The molecule has 0 heterocycles. The van der Waals surface area contributed by atoms with Gasteiger partial charge in [-0.3, -0.25) is 0 Å². The smallest absolute Gasteiger partial charge is 0.454 e. The van der Waals surface area contributed by atoms with Crippen LogP contribution in [0.1, 0.15) is 27.7 Å². The Morgan fingerprint density at radius 2 is 0.621 bits per heavy atom. The molecule has 0 aromatic rings. The molecule has 0 aromatic carbocycles. The van der Waals surface area contributed by atoms with E-state index in [-0.39, 0.29) is 26.2 Å². The number of hydrogen-bond acceptors (Lipinski definition) is 4. The maximum atomic E-state index is 5.17. The Morgan fingerprint density at radius 1 is 0.483 bits per heavy atom. The summed E-state index contributed by atoms with van der Waals surface area (Å²) < 4.78 is 0. The predicted octanol–water partition coefficient (Wildman–Crippen LogP) is 1.30. The summed E-state index contributed by atoms with van der Waals surface area (Å²) in [6.07, 6.45) is 0. The van der Waals surface area contributed by atoms with Gasteiger partial charge in [0.05, 0.1) is 0 Å². The topological polar surface area (TPSA) is 210 Å². The van der Waals surface area contributed by atoms with E-state index in [0.29, 0.717) is 50.0 Å². The van der Waals surface area contributed by atoms with E-state index in [1.165, 1.54) is 0 Å². The second kappa shape index (κ2) is 33.5. The first-order valence-electron chi connectivity index (χ1n) is 8.83. The Kier molecular flexibility index (Phi) is 43.6. The van der Waals surface area contributed by atoms with Crippen LogP contribution in [0.5, 0.6) is 0 Å². The van der Waals surface area contributed by atoms with E-state index in [4.69, 9.17) is 22.9 Å². The van der Waals surface area contributed by atoms with Gasteiger partial charge in [0.2, 0.25) is 0 Å². The van der Waals surface area contributed by atoms with E-state index in [1.54, 1.807) is 28.2 Å². The summed E-state index contributed by atoms with van der Waals surface area (Å²) >= 11 is 0. The molecule has 0 spiro atoms. The normalized spacial score (nSPS) is 11.0. The number of nitrogens with two attached hydrogens (primary N) is 4. The van der Waals surface area contributed by atoms with Gasteiger partial charge in [0.25, 0.3) is 0 Å². The van der Waals surface area contributed by atoms with Crippen molar-refractivity contribution < 1.29 is 26.2 Å². The molecule has 0 aromatic heterocycles. The van der Waals surface area contributed by atoms with Crippen LogP contribution in [0.25, 0.3) is 21.3 Å². The van der Waals surface area contributed by atoms with Gasteiger partial charge in [0.1, 0.15) is 0 Å². The van der Waals surface area contributed by atoms with Gasteiger partial charge in [0, 0.05) is 23.8 Å². The van der Waals surface area contributed by atoms with Crippen molar-refractivity contribution in [3.63, 3.8) is 0 Å². The number of nitrogens with zero attached hydrogens (tertiary/aromatic N) is 8. The molecular formula is C16H40N12Zr. The van der Waals surface area contributed by atoms with Crippen molar-refractivity contribution in [3.05, 3.63) is 21.3 Å². The van der Waals surface area contributed by atoms with Crippen LogP contribution in [0.4, 0.5) is 0 Å². The van der Waals surface area contributed by atoms with Gasteiger partial charge in [0.15, 0.2) is 0 Å². The Morgan fingerprint density at radius 3 is 0.655 bits per heavy atom. The van der Waals surface area contributed by atoms with E-state index in [9.17, 15) is 0 Å². The Balaban J connectivity index is -0.0000000873. The van der Waals surface area contributed by atoms with Crippen molar-refractivity contribution in [2.24, 2.45) is 42.9 Å². The summed E-state index contributed by atoms with van der Waals surface area (Å²) in [5, 5.41) is 14.4. The molecule has 13 heteroatoms. The molecule has 0 bridgehead atoms. The summed E-state index contributed by atoms with van der Waals surface area (Å²) in [5.74, 6) is 1.51. The van der Waals surface area contributed by atoms with E-state index < -0.39 is 0 Å². The van der Waals surface area contributed by atoms with Gasteiger partial charge < -0.3 is 64.2 Å². The fourth-order valence-electron chi connectivity index (χ4n) is 0.931. The van der Waals surface area contributed by atoms with Crippen LogP contribution in [0.3, 0.4) is 0 Å². The molecular weight excluding hydrogens is 451 g/mol. The SMILES string of the molecule is CCN=C(N)[N-]C.CCN=C(N)[N-]C.CCN=C(N)[N-]C.CCN=C(N)[N-]C.[Zr+4]. The summed E-state index contributed by atoms with van der Waals surface area (Å²) in [5.41, 5.74) is 20.7. The molecule has 0 aliphatic rings. The molecule has 0 saturated heterocycles. The van der Waals surface area contributed by atoms with Crippen molar-refractivity contribution in [2.75, 3.05) is 54.4 Å². The molecule has 0 amide bonds. The maximum absolute atomic E-state index is 5.17. The van der Waals surface area contributed by atoms with E-state index in [2.05, 4.69) is 41.2 Å². The first kappa shape index (κ1) is 37.7. The Hall–Kier alpha value is -2.04. The zero-order valence-corrected chi connectivity index (χ0v) is 21.7. The van der Waals surface area contributed by atoms with Crippen LogP contribution in [-0.2, 0) is 26.2 Å². The van der Waals surface area contributed by atoms with Gasteiger partial charge in [-0.05, 0) is 54.4 Å². The van der Waals surface area contributed by atoms with Gasteiger partial charge >= 0.3 is 26.2 Å². The molecule has 0 rings (SSSR count). The third-order valence-corrected chi connectivity index (χ3v) is 2.20. The van der Waals surface area contributed by atoms with E-state index in [0.717, 1.165) is 0 Å². The summed E-state index contributed by atoms with van der Waals surface area (Å²) in [4.78, 5) is 15.1. The minimum Gasteiger partial charge on any atom is -0.454 e. The average molecular weight is 492 g/mol. The molecule has 0 saturated carbocycles. The minimum atomic E-state index is 0. The number of rotatable bonds is 4. The fraction of sp³-hybridized carbons (Fsp3) is 0.750. The third kappa shape index (κ3) is 46.2. The fourth-order valence-corrected chi connectivity index (χ4v) is 0.931. The number of aliphatic imine (C=N–C) groups is 4. The Labute approximate surface area is 196 Å². The molecule has 0 fully saturated rings. The molecule has 12 nitrogen and oxygen atoms in total. The maximum Gasteiger partial charge on any atom is 4.00 e. The van der Waals surface area contributed by atoms with Gasteiger partial charge in [-0.25, -0.2) is 0 Å². The Bertz CT molecular complexity index is 356. The van der Waals surface area contributed by atoms with Crippen LogP contribution < -0.4 is 22.9 Å². The first-order valence-corrected chi connectivity index (χ1v) is 8.83. The molecule has 0 aliphatic carbocycles. The van der Waals surface area contributed by atoms with Crippen LogP contribution in [0.2, 0.25) is 0 Å². The molecule has 8 N–H and O–H groups in total. The molecule has 0 radical (unpaired) electrons. The van der Waals surface area contributed by atoms with Crippen LogP contribution in [-0.4, -0.2) is 78.2 Å². The zero-order valence-electron chi connectivity index (χ0n) is 19.2. The van der Waals surface area contributed by atoms with Crippen molar-refractivity contribution in [2.45, 2.75) is 27.7 Å². The van der Waals surface area contributed by atoms with Crippen LogP contribution in [0, 0.1) is 0 Å². The second-order valence-electron chi connectivity index (χ2n) is 4.22. The molecule has 29 heavy (non-hydrogen) atoms. The van der Waals surface area contributed by atoms with Gasteiger partial charge in [-0.15, -0.1) is 0 Å². The first-order chi connectivity index (χ1) is 13.2. The summed E-state index contributed by atoms with van der Waals surface area (Å²) in [6.45, 7) is 10.5. The van der Waals surface area contributed by atoms with Crippen molar-refractivity contribution in [1.29, 1.82) is 0 Å². The number of guanidine groups is 4. The summed E-state index contributed by atoms with van der Waals surface area (Å²) in [6, 6.07) is 0. The molecule has 0 unspecified atom stereocenters. The zero-order chi connectivity index (χ0) is 22.8. The summed E-state index contributed by atoms with van der Waals surface area (Å²) in [7, 11) is 6.48. The predicted molar refractivity (Wildman–Crippen MR) is 126 cm³/mol. The van der Waals surface area contributed by atoms with E-state index in [1.807, 2.05) is 27.7 Å². The van der Waals surface area contributed by atoms with Crippen molar-refractivity contribution in [1.82, 2.24) is 0 Å². The number of hydrogen-bond donors (Lipinski definition) is 4. The molecule has 0 atom stereocenters. The molecule has 0 aliphatic heterocycles. The van der Waals surface area contributed by atoms with Crippen molar-refractivity contribution in [3.8, 4) is 0 Å². The van der Waals surface area contributed by atoms with Crippen LogP contribution in [0.15, 0.2) is 20.0 Å². The van der Waals surface area contributed by atoms with E-state index >= 15 is 0 Å². The quantitative estimate of drug-likeness (QED) is 0.338. The monoisotopic (exact) mass is 490 g/mol. The minimum absolute atomic E-state index is 0. The molecule has 168 valence electrons. The largest absolute Gasteiger partial charge is 4.00 e. The third-order valence-electron chi connectivity index (χ3n) is 2.20. The van der Waals surface area contributed by atoms with Crippen molar-refractivity contribution >= 4 is 23.8 Å². The standard InChI is InChI=1S/4C4H10N3.Zr/c4*1-3-7-4(5)6-2;/h4*3H2,1-2H3,(H2-,5,6,7);/q4*-1;+4.